The second-order valence-corrected chi connectivity index (χ2v) is 5.18. The zero-order chi connectivity index (χ0) is 15.1. The van der Waals surface area contributed by atoms with E-state index in [9.17, 15) is 9.90 Å². The summed E-state index contributed by atoms with van der Waals surface area (Å²) in [6, 6.07) is -0.531. The number of aryl methyl sites for hydroxylation is 1. The molecule has 0 aliphatic carbocycles. The minimum atomic E-state index is -0.361. The third-order valence-electron chi connectivity index (χ3n) is 2.92. The lowest BCUT2D eigenvalue weighted by Gasteiger charge is -2.17. The fourth-order valence-corrected chi connectivity index (χ4v) is 1.95. The third kappa shape index (κ3) is 5.56. The van der Waals surface area contributed by atoms with Crippen LogP contribution in [0.5, 0.6) is 0 Å². The number of hydrogen-bond acceptors (Lipinski definition) is 5. The molecule has 114 valence electrons. The van der Waals surface area contributed by atoms with Crippen molar-refractivity contribution in [3.05, 3.63) is 11.7 Å². The highest BCUT2D eigenvalue weighted by Gasteiger charge is 2.18. The van der Waals surface area contributed by atoms with E-state index in [-0.39, 0.29) is 24.1 Å². The van der Waals surface area contributed by atoms with Crippen LogP contribution in [0.25, 0.3) is 0 Å². The van der Waals surface area contributed by atoms with E-state index in [0.717, 1.165) is 0 Å². The molecule has 0 aromatic carbocycles. The maximum atomic E-state index is 11.8. The van der Waals surface area contributed by atoms with E-state index in [1.807, 2.05) is 13.8 Å². The van der Waals surface area contributed by atoms with Gasteiger partial charge < -0.3 is 20.3 Å². The maximum Gasteiger partial charge on any atom is 0.315 e. The number of rotatable bonds is 7. The molecule has 3 atom stereocenters. The van der Waals surface area contributed by atoms with Crippen LogP contribution in [-0.4, -0.2) is 33.9 Å². The highest BCUT2D eigenvalue weighted by atomic mass is 16.5. The summed E-state index contributed by atoms with van der Waals surface area (Å²) in [5.41, 5.74) is 0. The molecule has 0 fully saturated rings. The maximum absolute atomic E-state index is 11.8. The second-order valence-electron chi connectivity index (χ2n) is 5.18. The van der Waals surface area contributed by atoms with Crippen molar-refractivity contribution >= 4 is 6.03 Å². The van der Waals surface area contributed by atoms with Crippen molar-refractivity contribution in [2.75, 3.05) is 6.54 Å². The van der Waals surface area contributed by atoms with E-state index in [0.29, 0.717) is 31.1 Å². The molecule has 7 nitrogen and oxygen atoms in total. The summed E-state index contributed by atoms with van der Waals surface area (Å²) in [4.78, 5) is 15.9. The van der Waals surface area contributed by atoms with Gasteiger partial charge >= 0.3 is 6.03 Å². The number of carbonyl (C=O) groups is 1. The Morgan fingerprint density at radius 1 is 1.45 bits per heavy atom. The predicted octanol–water partition coefficient (Wildman–Crippen LogP) is 1.54. The molecule has 1 rings (SSSR count). The molecule has 0 bridgehead atoms. The Morgan fingerprint density at radius 3 is 2.65 bits per heavy atom. The molecule has 1 aromatic heterocycles. The fraction of sp³-hybridized carbons (Fsp3) is 0.769. The number of aromatic nitrogens is 2. The topological polar surface area (TPSA) is 100 Å². The van der Waals surface area contributed by atoms with E-state index in [4.69, 9.17) is 4.52 Å². The highest BCUT2D eigenvalue weighted by Crippen LogP contribution is 2.12. The number of carbonyl (C=O) groups excluding carboxylic acids is 1. The van der Waals surface area contributed by atoms with E-state index in [2.05, 4.69) is 20.8 Å². The van der Waals surface area contributed by atoms with Gasteiger partial charge in [0.15, 0.2) is 5.82 Å². The van der Waals surface area contributed by atoms with Crippen LogP contribution in [0.3, 0.4) is 0 Å². The van der Waals surface area contributed by atoms with E-state index < -0.39 is 0 Å². The number of aliphatic hydroxyl groups excluding tert-OH is 1. The van der Waals surface area contributed by atoms with Crippen LogP contribution < -0.4 is 10.6 Å². The molecule has 3 N–H and O–H groups in total. The van der Waals surface area contributed by atoms with E-state index in [1.54, 1.807) is 13.8 Å². The van der Waals surface area contributed by atoms with Crippen molar-refractivity contribution in [1.82, 2.24) is 20.8 Å². The molecular weight excluding hydrogens is 260 g/mol. The van der Waals surface area contributed by atoms with Crippen molar-refractivity contribution < 1.29 is 14.4 Å². The average molecular weight is 284 g/mol. The van der Waals surface area contributed by atoms with Crippen LogP contribution in [0.4, 0.5) is 4.79 Å². The Bertz CT molecular complexity index is 420. The first-order valence-electron chi connectivity index (χ1n) is 6.95. The summed E-state index contributed by atoms with van der Waals surface area (Å²) in [6.07, 6.45) is 0.970. The summed E-state index contributed by atoms with van der Waals surface area (Å²) in [5.74, 6) is 1.18. The summed E-state index contributed by atoms with van der Waals surface area (Å²) < 4.78 is 4.91. The first-order valence-corrected chi connectivity index (χ1v) is 6.95. The van der Waals surface area contributed by atoms with Crippen LogP contribution in [0.1, 0.15) is 51.4 Å². The molecule has 0 saturated heterocycles. The van der Waals surface area contributed by atoms with Gasteiger partial charge in [-0.05, 0) is 25.7 Å². The molecule has 1 heterocycles. The first-order chi connectivity index (χ1) is 9.42. The largest absolute Gasteiger partial charge is 0.393 e. The number of amides is 2. The number of urea groups is 1. The average Bonchev–Trinajstić information content (AvgIpc) is 2.79. The molecule has 7 heteroatoms. The molecule has 0 saturated carbocycles. The summed E-state index contributed by atoms with van der Waals surface area (Å²) >= 11 is 0. The Hall–Kier alpha value is -1.63. The van der Waals surface area contributed by atoms with Gasteiger partial charge in [-0.3, -0.25) is 0 Å². The van der Waals surface area contributed by atoms with Crippen LogP contribution in [0.15, 0.2) is 4.52 Å². The number of hydrogen-bond donors (Lipinski definition) is 3. The Balaban J connectivity index is 2.40. The van der Waals surface area contributed by atoms with Gasteiger partial charge in [0.2, 0.25) is 5.89 Å². The zero-order valence-electron chi connectivity index (χ0n) is 12.5. The lowest BCUT2D eigenvalue weighted by Crippen LogP contribution is -2.40. The van der Waals surface area contributed by atoms with Gasteiger partial charge in [-0.15, -0.1) is 0 Å². The van der Waals surface area contributed by atoms with Crippen LogP contribution >= 0.6 is 0 Å². The summed E-state index contributed by atoms with van der Waals surface area (Å²) in [7, 11) is 0. The van der Waals surface area contributed by atoms with Crippen molar-refractivity contribution in [2.24, 2.45) is 5.92 Å². The van der Waals surface area contributed by atoms with Crippen LogP contribution in [0.2, 0.25) is 0 Å². The molecular formula is C13H24N4O3. The SMILES string of the molecule is CCC(NC(=O)NCC(C)CC(C)O)c1noc(C)n1. The Kier molecular flexibility index (Phi) is 6.44. The second kappa shape index (κ2) is 7.84. The number of aliphatic hydroxyl groups is 1. The summed E-state index contributed by atoms with van der Waals surface area (Å²) in [5, 5.41) is 18.7. The molecule has 20 heavy (non-hydrogen) atoms. The lowest BCUT2D eigenvalue weighted by atomic mass is 10.1. The lowest BCUT2D eigenvalue weighted by molar-refractivity contribution is 0.163. The zero-order valence-corrected chi connectivity index (χ0v) is 12.5. The van der Waals surface area contributed by atoms with E-state index >= 15 is 0 Å². The Morgan fingerprint density at radius 2 is 2.15 bits per heavy atom. The smallest absolute Gasteiger partial charge is 0.315 e. The quantitative estimate of drug-likeness (QED) is 0.705. The number of nitrogens with zero attached hydrogens (tertiary/aromatic N) is 2. The van der Waals surface area contributed by atoms with Gasteiger partial charge in [-0.2, -0.15) is 4.98 Å². The van der Waals surface area contributed by atoms with Gasteiger partial charge in [-0.25, -0.2) is 4.79 Å². The molecule has 2 amide bonds. The molecule has 0 spiro atoms. The summed E-state index contributed by atoms with van der Waals surface area (Å²) in [6.45, 7) is 7.88. The molecule has 3 unspecified atom stereocenters. The van der Waals surface area contributed by atoms with Gasteiger partial charge in [0.05, 0.1) is 12.1 Å². The predicted molar refractivity (Wildman–Crippen MR) is 74.1 cm³/mol. The van der Waals surface area contributed by atoms with E-state index in [1.165, 1.54) is 0 Å². The van der Waals surface area contributed by atoms with Crippen LogP contribution in [0, 0.1) is 12.8 Å². The number of nitrogens with one attached hydrogen (secondary N) is 2. The Labute approximate surface area is 119 Å². The molecule has 0 radical (unpaired) electrons. The first kappa shape index (κ1) is 16.4. The highest BCUT2D eigenvalue weighted by molar-refractivity contribution is 5.74. The van der Waals surface area contributed by atoms with Gasteiger partial charge in [0.1, 0.15) is 0 Å². The van der Waals surface area contributed by atoms with Gasteiger partial charge in [-0.1, -0.05) is 19.0 Å². The molecule has 0 aliphatic heterocycles. The normalized spacial score (nSPS) is 15.4. The standard InChI is InChI=1S/C13H24N4O3/c1-5-11(12-15-10(4)20-17-12)16-13(19)14-7-8(2)6-9(3)18/h8-9,11,18H,5-7H2,1-4H3,(H2,14,16,19). The molecule has 0 aliphatic rings. The van der Waals surface area contributed by atoms with Crippen molar-refractivity contribution in [3.8, 4) is 0 Å². The third-order valence-corrected chi connectivity index (χ3v) is 2.92. The minimum Gasteiger partial charge on any atom is -0.393 e. The monoisotopic (exact) mass is 284 g/mol. The van der Waals surface area contributed by atoms with Gasteiger partial charge in [0.25, 0.3) is 0 Å². The van der Waals surface area contributed by atoms with Crippen molar-refractivity contribution in [2.45, 2.75) is 52.7 Å². The molecule has 1 aromatic rings. The van der Waals surface area contributed by atoms with Crippen molar-refractivity contribution in [1.29, 1.82) is 0 Å². The fourth-order valence-electron chi connectivity index (χ4n) is 1.95. The van der Waals surface area contributed by atoms with Crippen molar-refractivity contribution in [3.63, 3.8) is 0 Å². The van der Waals surface area contributed by atoms with Gasteiger partial charge in [0, 0.05) is 13.5 Å². The minimum absolute atomic E-state index is 0.216. The van der Waals surface area contributed by atoms with Crippen LogP contribution in [-0.2, 0) is 0 Å².